The van der Waals surface area contributed by atoms with Crippen LogP contribution in [0.2, 0.25) is 0 Å². The van der Waals surface area contributed by atoms with Gasteiger partial charge in [-0.15, -0.1) is 0 Å². The molecule has 132 valence electrons. The van der Waals surface area contributed by atoms with Crippen LogP contribution in [-0.4, -0.2) is 27.1 Å². The number of fused-ring (bicyclic) bond motifs is 1. The normalized spacial score (nSPS) is 16.4. The third kappa shape index (κ3) is 3.44. The summed E-state index contributed by atoms with van der Waals surface area (Å²) in [5, 5.41) is 4.32. The summed E-state index contributed by atoms with van der Waals surface area (Å²) in [4.78, 5) is 14.9. The highest BCUT2D eigenvalue weighted by atomic mass is 79.9. The maximum Gasteiger partial charge on any atom is 0.227 e. The number of carbonyl (C=O) groups is 1. The minimum absolute atomic E-state index is 0.163. The molecule has 4 nitrogen and oxygen atoms in total. The predicted octanol–water partition coefficient (Wildman–Crippen LogP) is 3.90. The predicted molar refractivity (Wildman–Crippen MR) is 105 cm³/mol. The van der Waals surface area contributed by atoms with Gasteiger partial charge in [-0.25, -0.2) is 0 Å². The van der Waals surface area contributed by atoms with Gasteiger partial charge in [0.25, 0.3) is 0 Å². The van der Waals surface area contributed by atoms with E-state index in [1.54, 1.807) is 0 Å². The third-order valence-corrected chi connectivity index (χ3v) is 5.47. The first kappa shape index (κ1) is 17.0. The maximum atomic E-state index is 12.9. The molecule has 0 saturated carbocycles. The van der Waals surface area contributed by atoms with Gasteiger partial charge in [0.05, 0.1) is 12.6 Å². The minimum Gasteiger partial charge on any atom is -0.337 e. The number of rotatable bonds is 3. The van der Waals surface area contributed by atoms with Crippen LogP contribution in [0.5, 0.6) is 0 Å². The van der Waals surface area contributed by atoms with Gasteiger partial charge < -0.3 is 4.90 Å². The lowest BCUT2D eigenvalue weighted by Crippen LogP contribution is -2.39. The molecule has 1 amide bonds. The maximum absolute atomic E-state index is 12.9. The Balaban J connectivity index is 1.60. The molecule has 0 N–H and O–H groups in total. The highest BCUT2D eigenvalue weighted by molar-refractivity contribution is 9.10. The number of nitrogens with zero attached hydrogens (tertiary/aromatic N) is 3. The Bertz CT molecular complexity index is 932. The molecule has 3 aromatic rings. The largest absolute Gasteiger partial charge is 0.337 e. The fourth-order valence-electron chi connectivity index (χ4n) is 3.59. The van der Waals surface area contributed by atoms with E-state index in [2.05, 4.69) is 39.2 Å². The van der Waals surface area contributed by atoms with Gasteiger partial charge in [0.1, 0.15) is 0 Å². The van der Waals surface area contributed by atoms with Gasteiger partial charge in [-0.05, 0) is 34.4 Å². The van der Waals surface area contributed by atoms with Crippen molar-refractivity contribution in [3.05, 3.63) is 87.7 Å². The lowest BCUT2D eigenvalue weighted by Gasteiger charge is -2.34. The van der Waals surface area contributed by atoms with E-state index >= 15 is 0 Å². The Kier molecular flexibility index (Phi) is 4.64. The van der Waals surface area contributed by atoms with Crippen LogP contribution in [0.15, 0.2) is 65.4 Å². The summed E-state index contributed by atoms with van der Waals surface area (Å²) in [7, 11) is 1.93. The van der Waals surface area contributed by atoms with Crippen molar-refractivity contribution >= 4 is 21.8 Å². The van der Waals surface area contributed by atoms with Gasteiger partial charge in [-0.2, -0.15) is 5.10 Å². The summed E-state index contributed by atoms with van der Waals surface area (Å²) in [5.41, 5.74) is 4.71. The topological polar surface area (TPSA) is 38.1 Å². The average molecular weight is 410 g/mol. The van der Waals surface area contributed by atoms with E-state index in [4.69, 9.17) is 0 Å². The fourth-order valence-corrected chi connectivity index (χ4v) is 3.86. The zero-order valence-electron chi connectivity index (χ0n) is 14.6. The van der Waals surface area contributed by atoms with E-state index in [0.29, 0.717) is 19.5 Å². The summed E-state index contributed by atoms with van der Waals surface area (Å²) in [6.07, 6.45) is 4.38. The molecule has 1 aliphatic heterocycles. The quantitative estimate of drug-likeness (QED) is 0.657. The van der Waals surface area contributed by atoms with Crippen LogP contribution in [0, 0.1) is 0 Å². The third-order valence-electron chi connectivity index (χ3n) is 4.94. The zero-order chi connectivity index (χ0) is 18.1. The van der Waals surface area contributed by atoms with Crippen molar-refractivity contribution < 1.29 is 4.79 Å². The van der Waals surface area contributed by atoms with E-state index < -0.39 is 0 Å². The molecule has 0 saturated heterocycles. The second-order valence-corrected chi connectivity index (χ2v) is 7.69. The van der Waals surface area contributed by atoms with Crippen molar-refractivity contribution in [1.82, 2.24) is 14.7 Å². The average Bonchev–Trinajstić information content (AvgIpc) is 3.09. The number of hydrogen-bond donors (Lipinski definition) is 0. The number of aromatic nitrogens is 2. The summed E-state index contributed by atoms with van der Waals surface area (Å²) in [6, 6.07) is 16.4. The van der Waals surface area contributed by atoms with Crippen LogP contribution in [0.25, 0.3) is 0 Å². The van der Waals surface area contributed by atoms with Crippen LogP contribution < -0.4 is 0 Å². The smallest absolute Gasteiger partial charge is 0.227 e. The first-order valence-electron chi connectivity index (χ1n) is 8.69. The number of aryl methyl sites for hydroxylation is 1. The Morgan fingerprint density at radius 1 is 1.19 bits per heavy atom. The van der Waals surface area contributed by atoms with Crippen molar-refractivity contribution in [2.24, 2.45) is 7.05 Å². The number of amides is 1. The van der Waals surface area contributed by atoms with Gasteiger partial charge in [0.15, 0.2) is 0 Å². The van der Waals surface area contributed by atoms with Crippen molar-refractivity contribution in [1.29, 1.82) is 0 Å². The molecular formula is C21H20BrN3O. The van der Waals surface area contributed by atoms with Gasteiger partial charge in [0, 0.05) is 36.7 Å². The van der Waals surface area contributed by atoms with Crippen LogP contribution in [0.4, 0.5) is 0 Å². The molecule has 0 fully saturated rings. The van der Waals surface area contributed by atoms with Crippen LogP contribution in [0.1, 0.15) is 28.2 Å². The van der Waals surface area contributed by atoms with E-state index in [0.717, 1.165) is 15.6 Å². The Morgan fingerprint density at radius 2 is 1.96 bits per heavy atom. The molecule has 5 heteroatoms. The second-order valence-electron chi connectivity index (χ2n) is 6.78. The molecule has 1 aliphatic rings. The highest BCUT2D eigenvalue weighted by Crippen LogP contribution is 2.33. The Hall–Kier alpha value is -2.40. The lowest BCUT2D eigenvalue weighted by atomic mass is 9.86. The van der Waals surface area contributed by atoms with Crippen molar-refractivity contribution in [2.45, 2.75) is 18.9 Å². The SMILES string of the molecule is Cn1cc(C2CN(C(=O)Cc3ccc(Br)cc3)Cc3ccccc32)cn1. The minimum atomic E-state index is 0.163. The summed E-state index contributed by atoms with van der Waals surface area (Å²) >= 11 is 3.44. The summed E-state index contributed by atoms with van der Waals surface area (Å²) < 4.78 is 2.85. The molecule has 0 bridgehead atoms. The number of halogens is 1. The summed E-state index contributed by atoms with van der Waals surface area (Å²) in [6.45, 7) is 1.36. The second kappa shape index (κ2) is 7.08. The van der Waals surface area contributed by atoms with Crippen LogP contribution in [-0.2, 0) is 24.8 Å². The Labute approximate surface area is 161 Å². The number of hydrogen-bond acceptors (Lipinski definition) is 2. The van der Waals surface area contributed by atoms with Gasteiger partial charge in [-0.3, -0.25) is 9.48 Å². The molecule has 26 heavy (non-hydrogen) atoms. The lowest BCUT2D eigenvalue weighted by molar-refractivity contribution is -0.131. The van der Waals surface area contributed by atoms with Crippen molar-refractivity contribution in [2.75, 3.05) is 6.54 Å². The molecule has 2 heterocycles. The van der Waals surface area contributed by atoms with Crippen molar-refractivity contribution in [3.8, 4) is 0 Å². The van der Waals surface area contributed by atoms with Gasteiger partial charge in [0.2, 0.25) is 5.91 Å². The molecular weight excluding hydrogens is 390 g/mol. The van der Waals surface area contributed by atoms with Gasteiger partial charge in [-0.1, -0.05) is 52.3 Å². The monoisotopic (exact) mass is 409 g/mol. The molecule has 0 spiro atoms. The fraction of sp³-hybridized carbons (Fsp3) is 0.238. The van der Waals surface area contributed by atoms with Crippen LogP contribution >= 0.6 is 15.9 Å². The zero-order valence-corrected chi connectivity index (χ0v) is 16.2. The van der Waals surface area contributed by atoms with E-state index in [-0.39, 0.29) is 11.8 Å². The standard InChI is InChI=1S/C21H20BrN3O/c1-24-12-17(11-23-24)20-14-25(13-16-4-2-3-5-19(16)20)21(26)10-15-6-8-18(22)9-7-15/h2-9,11-12,20H,10,13-14H2,1H3. The molecule has 0 radical (unpaired) electrons. The molecule has 0 aliphatic carbocycles. The first-order valence-corrected chi connectivity index (χ1v) is 9.48. The Morgan fingerprint density at radius 3 is 2.69 bits per heavy atom. The number of benzene rings is 2. The van der Waals surface area contributed by atoms with Crippen LogP contribution in [0.3, 0.4) is 0 Å². The highest BCUT2D eigenvalue weighted by Gasteiger charge is 2.29. The molecule has 1 unspecified atom stereocenters. The molecule has 1 atom stereocenters. The molecule has 4 rings (SSSR count). The molecule has 2 aromatic carbocycles. The van der Waals surface area contributed by atoms with E-state index in [1.807, 2.05) is 59.4 Å². The number of carbonyl (C=O) groups excluding carboxylic acids is 1. The van der Waals surface area contributed by atoms with Crippen molar-refractivity contribution in [3.63, 3.8) is 0 Å². The van der Waals surface area contributed by atoms with E-state index in [1.165, 1.54) is 11.1 Å². The first-order chi connectivity index (χ1) is 12.6. The van der Waals surface area contributed by atoms with Gasteiger partial charge >= 0.3 is 0 Å². The van der Waals surface area contributed by atoms with E-state index in [9.17, 15) is 4.79 Å². The molecule has 1 aromatic heterocycles. The summed E-state index contributed by atoms with van der Waals surface area (Å²) in [5.74, 6) is 0.332.